The van der Waals surface area contributed by atoms with E-state index in [9.17, 15) is 9.59 Å². The molecule has 0 radical (unpaired) electrons. The maximum Gasteiger partial charge on any atom is 0.232 e. The number of rotatable bonds is 4. The Hall–Kier alpha value is -1.84. The molecule has 1 N–H and O–H groups in total. The summed E-state index contributed by atoms with van der Waals surface area (Å²) in [5.41, 5.74) is 1.04. The summed E-state index contributed by atoms with van der Waals surface area (Å²) in [5.74, 6) is -0.256. The first-order valence-electron chi connectivity index (χ1n) is 6.34. The molecule has 0 aromatic heterocycles. The van der Waals surface area contributed by atoms with E-state index in [1.807, 2.05) is 30.3 Å². The molecule has 1 aromatic rings. The Balaban J connectivity index is 1.73. The predicted molar refractivity (Wildman–Crippen MR) is 68.7 cm³/mol. The molecule has 0 bridgehead atoms. The smallest absolute Gasteiger partial charge is 0.232 e. The molecule has 1 heterocycles. The molecule has 0 spiro atoms. The summed E-state index contributed by atoms with van der Waals surface area (Å²) in [4.78, 5) is 25.1. The topological polar surface area (TPSA) is 49.4 Å². The number of carbonyl (C=O) groups excluding carboxylic acids is 2. The van der Waals surface area contributed by atoms with Gasteiger partial charge in [-0.2, -0.15) is 0 Å². The Morgan fingerprint density at radius 2 is 1.78 bits per heavy atom. The molecule has 0 unspecified atom stereocenters. The lowest BCUT2D eigenvalue weighted by atomic mass is 10.2. The Labute approximate surface area is 107 Å². The first-order valence-corrected chi connectivity index (χ1v) is 6.34. The summed E-state index contributed by atoms with van der Waals surface area (Å²) in [7, 11) is 0. The zero-order chi connectivity index (χ0) is 12.8. The summed E-state index contributed by atoms with van der Waals surface area (Å²) in [6.07, 6.45) is 2.07. The highest BCUT2D eigenvalue weighted by atomic mass is 16.2. The fourth-order valence-electron chi connectivity index (χ4n) is 2.07. The molecular formula is C14H18N2O2. The molecule has 1 saturated heterocycles. The summed E-state index contributed by atoms with van der Waals surface area (Å²) < 4.78 is 0. The Morgan fingerprint density at radius 3 is 2.44 bits per heavy atom. The van der Waals surface area contributed by atoms with E-state index in [0.29, 0.717) is 6.54 Å². The van der Waals surface area contributed by atoms with Crippen LogP contribution >= 0.6 is 0 Å². The van der Waals surface area contributed by atoms with Crippen molar-refractivity contribution in [2.75, 3.05) is 13.1 Å². The minimum Gasteiger partial charge on any atom is -0.352 e. The van der Waals surface area contributed by atoms with E-state index in [4.69, 9.17) is 0 Å². The second-order valence-corrected chi connectivity index (χ2v) is 4.53. The maximum absolute atomic E-state index is 11.7. The highest BCUT2D eigenvalue weighted by molar-refractivity contribution is 5.96. The number of carbonyl (C=O) groups is 2. The number of likely N-dealkylation sites (tertiary alicyclic amines) is 1. The van der Waals surface area contributed by atoms with Crippen molar-refractivity contribution >= 4 is 11.8 Å². The van der Waals surface area contributed by atoms with Crippen molar-refractivity contribution < 1.29 is 9.59 Å². The third kappa shape index (κ3) is 3.58. The molecule has 0 aliphatic carbocycles. The van der Waals surface area contributed by atoms with Crippen LogP contribution in [-0.4, -0.2) is 29.8 Å². The van der Waals surface area contributed by atoms with Gasteiger partial charge in [0.15, 0.2) is 0 Å². The van der Waals surface area contributed by atoms with Crippen molar-refractivity contribution in [3.05, 3.63) is 35.9 Å². The standard InChI is InChI=1S/C14H18N2O2/c17-13(10-14(18)16-8-4-5-9-16)15-11-12-6-2-1-3-7-12/h1-3,6-7H,4-5,8-11H2,(H,15,17). The average Bonchev–Trinajstić information content (AvgIpc) is 2.91. The van der Waals surface area contributed by atoms with E-state index in [-0.39, 0.29) is 18.2 Å². The minimum absolute atomic E-state index is 0.0349. The molecule has 96 valence electrons. The lowest BCUT2D eigenvalue weighted by Gasteiger charge is -2.14. The second-order valence-electron chi connectivity index (χ2n) is 4.53. The van der Waals surface area contributed by atoms with Crippen LogP contribution in [0.1, 0.15) is 24.8 Å². The summed E-state index contributed by atoms with van der Waals surface area (Å²) in [5, 5.41) is 2.77. The van der Waals surface area contributed by atoms with Crippen molar-refractivity contribution in [2.24, 2.45) is 0 Å². The predicted octanol–water partition coefficient (Wildman–Crippen LogP) is 1.32. The van der Waals surface area contributed by atoms with Gasteiger partial charge in [-0.15, -0.1) is 0 Å². The minimum atomic E-state index is -0.198. The molecule has 0 saturated carbocycles. The van der Waals surface area contributed by atoms with E-state index < -0.39 is 0 Å². The van der Waals surface area contributed by atoms with Gasteiger partial charge < -0.3 is 10.2 Å². The van der Waals surface area contributed by atoms with Crippen LogP contribution in [0.4, 0.5) is 0 Å². The lowest BCUT2D eigenvalue weighted by molar-refractivity contribution is -0.135. The van der Waals surface area contributed by atoms with Crippen LogP contribution < -0.4 is 5.32 Å². The normalized spacial score (nSPS) is 14.6. The fraction of sp³-hybridized carbons (Fsp3) is 0.429. The van der Waals surface area contributed by atoms with Crippen LogP contribution in [0, 0.1) is 0 Å². The van der Waals surface area contributed by atoms with Gasteiger partial charge in [-0.25, -0.2) is 0 Å². The van der Waals surface area contributed by atoms with Gasteiger partial charge in [0.2, 0.25) is 11.8 Å². The number of hydrogen-bond donors (Lipinski definition) is 1. The Bertz CT molecular complexity index is 411. The largest absolute Gasteiger partial charge is 0.352 e. The molecular weight excluding hydrogens is 228 g/mol. The molecule has 1 aliphatic rings. The van der Waals surface area contributed by atoms with Crippen LogP contribution in [-0.2, 0) is 16.1 Å². The first-order chi connectivity index (χ1) is 8.75. The van der Waals surface area contributed by atoms with Crippen LogP contribution in [0.3, 0.4) is 0 Å². The molecule has 2 amide bonds. The third-order valence-corrected chi connectivity index (χ3v) is 3.10. The number of nitrogens with zero attached hydrogens (tertiary/aromatic N) is 1. The zero-order valence-corrected chi connectivity index (χ0v) is 10.4. The molecule has 4 nitrogen and oxygen atoms in total. The molecule has 1 aromatic carbocycles. The molecule has 1 aliphatic heterocycles. The SMILES string of the molecule is O=C(CC(=O)N1CCCC1)NCc1ccccc1. The molecule has 0 atom stereocenters. The Kier molecular flexibility index (Phi) is 4.34. The first kappa shape index (κ1) is 12.6. The van der Waals surface area contributed by atoms with Gasteiger partial charge in [-0.05, 0) is 18.4 Å². The quantitative estimate of drug-likeness (QED) is 0.814. The number of benzene rings is 1. The summed E-state index contributed by atoms with van der Waals surface area (Å²) in [6, 6.07) is 9.68. The van der Waals surface area contributed by atoms with Gasteiger partial charge >= 0.3 is 0 Å². The van der Waals surface area contributed by atoms with Crippen molar-refractivity contribution in [2.45, 2.75) is 25.8 Å². The van der Waals surface area contributed by atoms with Crippen molar-refractivity contribution in [3.8, 4) is 0 Å². The van der Waals surface area contributed by atoms with E-state index in [2.05, 4.69) is 5.32 Å². The van der Waals surface area contributed by atoms with Gasteiger partial charge in [-0.1, -0.05) is 30.3 Å². The third-order valence-electron chi connectivity index (χ3n) is 3.10. The fourth-order valence-corrected chi connectivity index (χ4v) is 2.07. The second kappa shape index (κ2) is 6.19. The number of nitrogens with one attached hydrogen (secondary N) is 1. The van der Waals surface area contributed by atoms with E-state index in [0.717, 1.165) is 31.5 Å². The zero-order valence-electron chi connectivity index (χ0n) is 10.4. The van der Waals surface area contributed by atoms with E-state index >= 15 is 0 Å². The van der Waals surface area contributed by atoms with Gasteiger partial charge in [0.1, 0.15) is 6.42 Å². The highest BCUT2D eigenvalue weighted by Gasteiger charge is 2.19. The number of hydrogen-bond acceptors (Lipinski definition) is 2. The van der Waals surface area contributed by atoms with E-state index in [1.54, 1.807) is 4.90 Å². The molecule has 18 heavy (non-hydrogen) atoms. The van der Waals surface area contributed by atoms with Gasteiger partial charge in [0, 0.05) is 19.6 Å². The summed E-state index contributed by atoms with van der Waals surface area (Å²) >= 11 is 0. The van der Waals surface area contributed by atoms with E-state index in [1.165, 1.54) is 0 Å². The maximum atomic E-state index is 11.7. The van der Waals surface area contributed by atoms with Gasteiger partial charge in [0.25, 0.3) is 0 Å². The van der Waals surface area contributed by atoms with Crippen molar-refractivity contribution in [3.63, 3.8) is 0 Å². The highest BCUT2D eigenvalue weighted by Crippen LogP contribution is 2.08. The summed E-state index contributed by atoms with van der Waals surface area (Å²) in [6.45, 7) is 2.07. The molecule has 4 heteroatoms. The lowest BCUT2D eigenvalue weighted by Crippen LogP contribution is -2.33. The Morgan fingerprint density at radius 1 is 1.11 bits per heavy atom. The monoisotopic (exact) mass is 246 g/mol. The van der Waals surface area contributed by atoms with Crippen LogP contribution in [0.25, 0.3) is 0 Å². The van der Waals surface area contributed by atoms with Gasteiger partial charge in [-0.3, -0.25) is 9.59 Å². The molecule has 2 rings (SSSR count). The number of amides is 2. The van der Waals surface area contributed by atoms with Crippen molar-refractivity contribution in [1.82, 2.24) is 10.2 Å². The van der Waals surface area contributed by atoms with Crippen molar-refractivity contribution in [1.29, 1.82) is 0 Å². The van der Waals surface area contributed by atoms with Crippen LogP contribution in [0.15, 0.2) is 30.3 Å². The van der Waals surface area contributed by atoms with Crippen LogP contribution in [0.2, 0.25) is 0 Å². The molecule has 1 fully saturated rings. The average molecular weight is 246 g/mol. The van der Waals surface area contributed by atoms with Crippen LogP contribution in [0.5, 0.6) is 0 Å². The van der Waals surface area contributed by atoms with Gasteiger partial charge in [0.05, 0.1) is 0 Å².